The second kappa shape index (κ2) is 6.80. The summed E-state index contributed by atoms with van der Waals surface area (Å²) in [6.45, 7) is 1.64. The van der Waals surface area contributed by atoms with Crippen LogP contribution in [0.15, 0.2) is 0 Å². The molecule has 0 rings (SSSR count). The molecule has 0 spiro atoms. The van der Waals surface area contributed by atoms with E-state index in [-0.39, 0.29) is 59.5 Å². The van der Waals surface area contributed by atoms with Crippen LogP contribution in [-0.4, -0.2) is 60.5 Å². The second-order valence-electron chi connectivity index (χ2n) is 1.89. The van der Waals surface area contributed by atoms with Gasteiger partial charge in [-0.2, -0.15) is 0 Å². The molecule has 9 heavy (non-hydrogen) atoms. The number of aliphatic carboxylic acids is 1. The minimum atomic E-state index is -0.855. The van der Waals surface area contributed by atoms with Gasteiger partial charge in [0.15, 0.2) is 0 Å². The molecule has 52 valence electrons. The molecule has 0 aliphatic carbocycles. The normalized spacial score (nSPS) is 11.8. The zero-order valence-electron chi connectivity index (χ0n) is 7.50. The molecule has 2 N–H and O–H groups in total. The predicted octanol–water partition coefficient (Wildman–Crippen LogP) is -0.0663. The average Bonchev–Trinajstić information content (AvgIpc) is 1.65. The van der Waals surface area contributed by atoms with Gasteiger partial charge in [-0.25, -0.2) is 0 Å². The van der Waals surface area contributed by atoms with Crippen molar-refractivity contribution in [2.75, 3.05) is 6.61 Å². The van der Waals surface area contributed by atoms with Gasteiger partial charge >= 0.3 is 43.7 Å². The third kappa shape index (κ3) is 8.69. The number of rotatable bonds is 3. The molecule has 0 fully saturated rings. The fraction of sp³-hybridized carbons (Fsp3) is 0.800. The Labute approximate surface area is 87.0 Å². The minimum Gasteiger partial charge on any atom is -1.00 e. The molecule has 4 heteroatoms. The maximum absolute atomic E-state index is 9.86. The van der Waals surface area contributed by atoms with Crippen molar-refractivity contribution in [2.24, 2.45) is 5.92 Å². The third-order valence-electron chi connectivity index (χ3n) is 0.835. The Hall–Kier alpha value is 0.690. The molecule has 0 aliphatic rings. The summed E-state index contributed by atoms with van der Waals surface area (Å²) in [5.41, 5.74) is 0. The van der Waals surface area contributed by atoms with Gasteiger partial charge in [-0.1, -0.05) is 6.92 Å². The monoisotopic (exact) mass is 160 g/mol. The fourth-order valence-electron chi connectivity index (χ4n) is 0.363. The van der Waals surface area contributed by atoms with Crippen LogP contribution in [0, 0.1) is 5.92 Å². The van der Waals surface area contributed by atoms with E-state index >= 15 is 0 Å². The summed E-state index contributed by atoms with van der Waals surface area (Å²) < 4.78 is 0. The van der Waals surface area contributed by atoms with E-state index in [1.807, 2.05) is 0 Å². The molecule has 1 atom stereocenters. The van der Waals surface area contributed by atoms with Crippen LogP contribution in [0.3, 0.4) is 0 Å². The van der Waals surface area contributed by atoms with E-state index in [2.05, 4.69) is 0 Å². The number of carboxylic acids is 1. The standard InChI is InChI=1S/C5H10O3.Ca.2H/c1-4(3-6)2-5(7)8;;;/h4,6H,2-3H2,1H3,(H,7,8);;;/q;+2;2*-1. The Morgan fingerprint density at radius 1 is 1.78 bits per heavy atom. The number of carboxylic acid groups (broad SMARTS) is 1. The van der Waals surface area contributed by atoms with E-state index in [1.54, 1.807) is 6.92 Å². The predicted molar refractivity (Wildman–Crippen MR) is 36.5 cm³/mol. The maximum Gasteiger partial charge on any atom is 2.00 e. The van der Waals surface area contributed by atoms with Crippen LogP contribution in [0.25, 0.3) is 0 Å². The van der Waals surface area contributed by atoms with Crippen molar-refractivity contribution >= 4 is 43.7 Å². The zero-order chi connectivity index (χ0) is 6.57. The van der Waals surface area contributed by atoms with Crippen LogP contribution in [0.2, 0.25) is 0 Å². The summed E-state index contributed by atoms with van der Waals surface area (Å²) in [6, 6.07) is 0. The molecule has 0 aromatic carbocycles. The third-order valence-corrected chi connectivity index (χ3v) is 0.835. The van der Waals surface area contributed by atoms with Crippen LogP contribution in [0.1, 0.15) is 16.2 Å². The summed E-state index contributed by atoms with van der Waals surface area (Å²) >= 11 is 0. The molecule has 0 amide bonds. The quantitative estimate of drug-likeness (QED) is 0.568. The second-order valence-corrected chi connectivity index (χ2v) is 1.89. The first-order chi connectivity index (χ1) is 3.66. The largest absolute Gasteiger partial charge is 2.00 e. The first kappa shape index (κ1) is 12.4. The number of hydrogen-bond acceptors (Lipinski definition) is 2. The van der Waals surface area contributed by atoms with E-state index in [4.69, 9.17) is 10.2 Å². The van der Waals surface area contributed by atoms with E-state index in [9.17, 15) is 4.79 Å². The molecule has 0 saturated carbocycles. The van der Waals surface area contributed by atoms with Crippen molar-refractivity contribution in [1.29, 1.82) is 0 Å². The summed E-state index contributed by atoms with van der Waals surface area (Å²) in [5.74, 6) is -0.973. The zero-order valence-corrected chi connectivity index (χ0v) is 7.71. The van der Waals surface area contributed by atoms with Gasteiger partial charge in [-0.3, -0.25) is 4.79 Å². The summed E-state index contributed by atoms with van der Waals surface area (Å²) in [4.78, 5) is 9.86. The van der Waals surface area contributed by atoms with E-state index in [1.165, 1.54) is 0 Å². The number of aliphatic hydroxyl groups excluding tert-OH is 1. The molecular formula is C5H12CaO3. The Bertz CT molecular complexity index is 91.8. The Morgan fingerprint density at radius 2 is 2.22 bits per heavy atom. The maximum atomic E-state index is 9.86. The molecule has 0 radical (unpaired) electrons. The van der Waals surface area contributed by atoms with E-state index in [0.717, 1.165) is 0 Å². The molecule has 0 aromatic rings. The Kier molecular flexibility index (Phi) is 9.36. The molecular weight excluding hydrogens is 148 g/mol. The van der Waals surface area contributed by atoms with Crippen LogP contribution in [-0.2, 0) is 4.79 Å². The van der Waals surface area contributed by atoms with Gasteiger partial charge in [0.05, 0.1) is 6.42 Å². The Balaban J connectivity index is -0.0000000817. The van der Waals surface area contributed by atoms with Crippen molar-refractivity contribution in [3.63, 3.8) is 0 Å². The van der Waals surface area contributed by atoms with Gasteiger partial charge < -0.3 is 13.1 Å². The van der Waals surface area contributed by atoms with Crippen molar-refractivity contribution in [2.45, 2.75) is 13.3 Å². The summed E-state index contributed by atoms with van der Waals surface area (Å²) in [6.07, 6.45) is 0.0521. The van der Waals surface area contributed by atoms with E-state index in [0.29, 0.717) is 0 Å². The van der Waals surface area contributed by atoms with Gasteiger partial charge in [0, 0.05) is 6.61 Å². The number of hydrogen-bond donors (Lipinski definition) is 2. The van der Waals surface area contributed by atoms with Crippen LogP contribution in [0.5, 0.6) is 0 Å². The van der Waals surface area contributed by atoms with Crippen LogP contribution in [0.4, 0.5) is 0 Å². The van der Waals surface area contributed by atoms with Crippen molar-refractivity contribution < 1.29 is 17.9 Å². The Morgan fingerprint density at radius 3 is 2.33 bits per heavy atom. The van der Waals surface area contributed by atoms with Crippen molar-refractivity contribution in [3.05, 3.63) is 0 Å². The first-order valence-electron chi connectivity index (χ1n) is 2.49. The molecule has 0 aliphatic heterocycles. The number of aliphatic hydroxyl groups is 1. The summed E-state index contributed by atoms with van der Waals surface area (Å²) in [5, 5.41) is 16.4. The SMILES string of the molecule is CC(CO)CC(=O)O.[Ca+2].[H-].[H-]. The van der Waals surface area contributed by atoms with Gasteiger partial charge in [0.2, 0.25) is 0 Å². The minimum absolute atomic E-state index is 0. The molecule has 0 aromatic heterocycles. The van der Waals surface area contributed by atoms with Crippen LogP contribution >= 0.6 is 0 Å². The molecule has 0 bridgehead atoms. The van der Waals surface area contributed by atoms with Crippen LogP contribution < -0.4 is 0 Å². The van der Waals surface area contributed by atoms with Gasteiger partial charge in [-0.05, 0) is 5.92 Å². The van der Waals surface area contributed by atoms with E-state index < -0.39 is 5.97 Å². The fourth-order valence-corrected chi connectivity index (χ4v) is 0.363. The molecule has 3 nitrogen and oxygen atoms in total. The first-order valence-corrected chi connectivity index (χ1v) is 2.49. The average molecular weight is 160 g/mol. The van der Waals surface area contributed by atoms with Crippen molar-refractivity contribution in [3.8, 4) is 0 Å². The molecule has 0 heterocycles. The van der Waals surface area contributed by atoms with Crippen molar-refractivity contribution in [1.82, 2.24) is 0 Å². The van der Waals surface area contributed by atoms with Gasteiger partial charge in [-0.15, -0.1) is 0 Å². The van der Waals surface area contributed by atoms with Gasteiger partial charge in [0.1, 0.15) is 0 Å². The molecule has 0 saturated heterocycles. The van der Waals surface area contributed by atoms with Gasteiger partial charge in [0.25, 0.3) is 0 Å². The summed E-state index contributed by atoms with van der Waals surface area (Å²) in [7, 11) is 0. The molecule has 1 unspecified atom stereocenters. The topological polar surface area (TPSA) is 57.5 Å². The smallest absolute Gasteiger partial charge is 1.00 e. The number of carbonyl (C=O) groups is 1.